The van der Waals surface area contributed by atoms with E-state index in [1.807, 2.05) is 6.20 Å². The van der Waals surface area contributed by atoms with E-state index in [0.717, 1.165) is 37.3 Å². The maximum atomic E-state index is 4.58. The molecule has 3 heteroatoms. The van der Waals surface area contributed by atoms with Gasteiger partial charge in [0, 0.05) is 31.4 Å². The number of rotatable bonds is 7. The molecule has 1 N–H and O–H groups in total. The standard InChI is InChI=1S/C16H27N3/c1-3-6-19-7-5-18-16(19)11-15(17-4-2)14-9-12-8-13(12)10-14/h5,7,12-15,17H,3-4,6,8-11H2,1-2H3. The lowest BCUT2D eigenvalue weighted by Gasteiger charge is -2.25. The highest BCUT2D eigenvalue weighted by Gasteiger charge is 2.47. The maximum Gasteiger partial charge on any atom is 0.110 e. The van der Waals surface area contributed by atoms with Gasteiger partial charge in [0.25, 0.3) is 0 Å². The quantitative estimate of drug-likeness (QED) is 0.818. The molecular formula is C16H27N3. The summed E-state index contributed by atoms with van der Waals surface area (Å²) in [6.07, 6.45) is 10.8. The highest BCUT2D eigenvalue weighted by molar-refractivity contribution is 5.03. The van der Waals surface area contributed by atoms with Crippen molar-refractivity contribution in [2.24, 2.45) is 17.8 Å². The van der Waals surface area contributed by atoms with Crippen molar-refractivity contribution < 1.29 is 0 Å². The summed E-state index contributed by atoms with van der Waals surface area (Å²) in [5.74, 6) is 4.30. The summed E-state index contributed by atoms with van der Waals surface area (Å²) < 4.78 is 2.33. The molecule has 0 aromatic carbocycles. The molecule has 0 radical (unpaired) electrons. The fourth-order valence-electron chi connectivity index (χ4n) is 3.93. The van der Waals surface area contributed by atoms with Gasteiger partial charge in [0.05, 0.1) is 0 Å². The third kappa shape index (κ3) is 2.86. The second kappa shape index (κ2) is 5.66. The molecule has 2 aliphatic rings. The summed E-state index contributed by atoms with van der Waals surface area (Å²) in [6, 6.07) is 0.635. The van der Waals surface area contributed by atoms with Gasteiger partial charge in [0.15, 0.2) is 0 Å². The minimum Gasteiger partial charge on any atom is -0.335 e. The van der Waals surface area contributed by atoms with Gasteiger partial charge >= 0.3 is 0 Å². The van der Waals surface area contributed by atoms with Gasteiger partial charge in [-0.15, -0.1) is 0 Å². The van der Waals surface area contributed by atoms with Crippen LogP contribution >= 0.6 is 0 Å². The Hall–Kier alpha value is -0.830. The van der Waals surface area contributed by atoms with E-state index in [4.69, 9.17) is 0 Å². The minimum absolute atomic E-state index is 0.635. The Labute approximate surface area is 116 Å². The molecule has 2 aliphatic carbocycles. The van der Waals surface area contributed by atoms with Crippen LogP contribution in [-0.2, 0) is 13.0 Å². The summed E-state index contributed by atoms with van der Waals surface area (Å²) in [5.41, 5.74) is 0. The van der Waals surface area contributed by atoms with E-state index < -0.39 is 0 Å². The first-order valence-electron chi connectivity index (χ1n) is 8.05. The van der Waals surface area contributed by atoms with Crippen molar-refractivity contribution in [1.82, 2.24) is 14.9 Å². The molecular weight excluding hydrogens is 234 g/mol. The third-order valence-electron chi connectivity index (χ3n) is 4.98. The van der Waals surface area contributed by atoms with Crippen molar-refractivity contribution in [2.75, 3.05) is 6.54 Å². The summed E-state index contributed by atoms with van der Waals surface area (Å²) in [6.45, 7) is 6.63. The molecule has 0 saturated heterocycles. The topological polar surface area (TPSA) is 29.9 Å². The van der Waals surface area contributed by atoms with Gasteiger partial charge < -0.3 is 9.88 Å². The number of nitrogens with zero attached hydrogens (tertiary/aromatic N) is 2. The van der Waals surface area contributed by atoms with Crippen molar-refractivity contribution in [1.29, 1.82) is 0 Å². The predicted octanol–water partition coefficient (Wildman–Crippen LogP) is 2.86. The second-order valence-electron chi connectivity index (χ2n) is 6.39. The van der Waals surface area contributed by atoms with Crippen molar-refractivity contribution in [2.45, 2.75) is 58.5 Å². The molecule has 1 heterocycles. The SMILES string of the molecule is CCCn1ccnc1CC(NCC)C1CC2CC2C1. The molecule has 1 aromatic heterocycles. The number of hydrogen-bond donors (Lipinski definition) is 1. The van der Waals surface area contributed by atoms with Crippen LogP contribution in [0.5, 0.6) is 0 Å². The monoisotopic (exact) mass is 261 g/mol. The van der Waals surface area contributed by atoms with E-state index in [2.05, 4.69) is 34.9 Å². The van der Waals surface area contributed by atoms with Gasteiger partial charge in [-0.3, -0.25) is 0 Å². The number of aromatic nitrogens is 2. The van der Waals surface area contributed by atoms with E-state index >= 15 is 0 Å². The van der Waals surface area contributed by atoms with E-state index in [-0.39, 0.29) is 0 Å². The summed E-state index contributed by atoms with van der Waals surface area (Å²) >= 11 is 0. The first-order chi connectivity index (χ1) is 9.31. The lowest BCUT2D eigenvalue weighted by Crippen LogP contribution is -2.38. The average molecular weight is 261 g/mol. The Bertz CT molecular complexity index is 402. The minimum atomic E-state index is 0.635. The molecule has 2 fully saturated rings. The molecule has 3 rings (SSSR count). The molecule has 0 spiro atoms. The number of likely N-dealkylation sites (N-methyl/N-ethyl adjacent to an activating group) is 1. The molecule has 2 saturated carbocycles. The van der Waals surface area contributed by atoms with E-state index in [1.54, 1.807) is 0 Å². The van der Waals surface area contributed by atoms with E-state index in [9.17, 15) is 0 Å². The first kappa shape index (κ1) is 13.2. The van der Waals surface area contributed by atoms with Crippen LogP contribution in [-0.4, -0.2) is 22.1 Å². The van der Waals surface area contributed by atoms with Crippen molar-refractivity contribution in [3.05, 3.63) is 18.2 Å². The largest absolute Gasteiger partial charge is 0.335 e. The van der Waals surface area contributed by atoms with Crippen LogP contribution in [0, 0.1) is 17.8 Å². The zero-order chi connectivity index (χ0) is 13.2. The van der Waals surface area contributed by atoms with E-state index in [0.29, 0.717) is 6.04 Å². The summed E-state index contributed by atoms with van der Waals surface area (Å²) in [7, 11) is 0. The molecule has 106 valence electrons. The molecule has 19 heavy (non-hydrogen) atoms. The zero-order valence-electron chi connectivity index (χ0n) is 12.3. The molecule has 3 nitrogen and oxygen atoms in total. The van der Waals surface area contributed by atoms with Crippen molar-refractivity contribution in [3.8, 4) is 0 Å². The van der Waals surface area contributed by atoms with Gasteiger partial charge in [-0.25, -0.2) is 4.98 Å². The van der Waals surface area contributed by atoms with Gasteiger partial charge in [-0.1, -0.05) is 13.8 Å². The normalized spacial score (nSPS) is 30.3. The van der Waals surface area contributed by atoms with Crippen molar-refractivity contribution in [3.63, 3.8) is 0 Å². The lowest BCUT2D eigenvalue weighted by atomic mass is 9.92. The van der Waals surface area contributed by atoms with E-state index in [1.165, 1.54) is 31.5 Å². The number of imidazole rings is 1. The molecule has 1 aromatic rings. The highest BCUT2D eigenvalue weighted by Crippen LogP contribution is 2.55. The van der Waals surface area contributed by atoms with Crippen LogP contribution in [0.3, 0.4) is 0 Å². The van der Waals surface area contributed by atoms with Gasteiger partial charge in [0.2, 0.25) is 0 Å². The Balaban J connectivity index is 1.64. The Morgan fingerprint density at radius 1 is 1.32 bits per heavy atom. The van der Waals surface area contributed by atoms with Crippen LogP contribution in [0.25, 0.3) is 0 Å². The molecule has 3 unspecified atom stereocenters. The smallest absolute Gasteiger partial charge is 0.110 e. The Morgan fingerprint density at radius 2 is 2.11 bits per heavy atom. The molecule has 0 amide bonds. The number of nitrogens with one attached hydrogen (secondary N) is 1. The maximum absolute atomic E-state index is 4.58. The van der Waals surface area contributed by atoms with Crippen LogP contribution < -0.4 is 5.32 Å². The van der Waals surface area contributed by atoms with Gasteiger partial charge in [-0.05, 0) is 50.0 Å². The third-order valence-corrected chi connectivity index (χ3v) is 4.98. The van der Waals surface area contributed by atoms with Crippen LogP contribution in [0.2, 0.25) is 0 Å². The fourth-order valence-corrected chi connectivity index (χ4v) is 3.93. The van der Waals surface area contributed by atoms with Crippen LogP contribution in [0.1, 0.15) is 45.4 Å². The second-order valence-corrected chi connectivity index (χ2v) is 6.39. The molecule has 0 aliphatic heterocycles. The number of hydrogen-bond acceptors (Lipinski definition) is 2. The summed E-state index contributed by atoms with van der Waals surface area (Å²) in [5, 5.41) is 3.72. The number of fused-ring (bicyclic) bond motifs is 1. The zero-order valence-corrected chi connectivity index (χ0v) is 12.3. The lowest BCUT2D eigenvalue weighted by molar-refractivity contribution is 0.330. The Morgan fingerprint density at radius 3 is 2.79 bits per heavy atom. The van der Waals surface area contributed by atoms with Crippen molar-refractivity contribution >= 4 is 0 Å². The fraction of sp³-hybridized carbons (Fsp3) is 0.812. The summed E-state index contributed by atoms with van der Waals surface area (Å²) in [4.78, 5) is 4.58. The molecule has 0 bridgehead atoms. The van der Waals surface area contributed by atoms with Crippen LogP contribution in [0.15, 0.2) is 12.4 Å². The predicted molar refractivity (Wildman–Crippen MR) is 78.0 cm³/mol. The first-order valence-corrected chi connectivity index (χ1v) is 8.05. The average Bonchev–Trinajstić information content (AvgIpc) is 2.83. The number of aryl methyl sites for hydroxylation is 1. The van der Waals surface area contributed by atoms with Gasteiger partial charge in [0.1, 0.15) is 5.82 Å². The Kier molecular flexibility index (Phi) is 3.92. The van der Waals surface area contributed by atoms with Gasteiger partial charge in [-0.2, -0.15) is 0 Å². The highest BCUT2D eigenvalue weighted by atomic mass is 15.1. The van der Waals surface area contributed by atoms with Crippen LogP contribution in [0.4, 0.5) is 0 Å². The molecule has 3 atom stereocenters.